The first-order valence-electron chi connectivity index (χ1n) is 9.40. The van der Waals surface area contributed by atoms with Crippen molar-refractivity contribution in [3.05, 3.63) is 59.4 Å². The molecule has 0 spiro atoms. The number of nitrogens with zero attached hydrogens (tertiary/aromatic N) is 1. The number of ether oxygens (including phenoxy) is 2. The fourth-order valence-corrected chi connectivity index (χ4v) is 3.09. The molecule has 0 fully saturated rings. The van der Waals surface area contributed by atoms with Crippen LogP contribution in [0.25, 0.3) is 0 Å². The van der Waals surface area contributed by atoms with E-state index in [0.717, 1.165) is 11.0 Å². The Balaban J connectivity index is 1.91. The highest BCUT2D eigenvalue weighted by molar-refractivity contribution is 6.12. The standard InChI is InChI=1S/C22H22FNO5/c1-4-28-19-10-9-14(11-16(19)23)17(25)12-24-21(26)15-7-5-6-8-18(15)29-20(13(2)3)22(24)27/h5-11,13,20H,4,12H2,1-3H3. The van der Waals surface area contributed by atoms with Gasteiger partial charge in [0, 0.05) is 5.56 Å². The lowest BCUT2D eigenvalue weighted by molar-refractivity contribution is -0.136. The van der Waals surface area contributed by atoms with E-state index in [1.165, 1.54) is 12.1 Å². The van der Waals surface area contributed by atoms with E-state index in [0.29, 0.717) is 5.75 Å². The molecule has 1 unspecified atom stereocenters. The van der Waals surface area contributed by atoms with Gasteiger partial charge in [0.2, 0.25) is 0 Å². The number of carbonyl (C=O) groups is 3. The molecular formula is C22H22FNO5. The Morgan fingerprint density at radius 2 is 1.93 bits per heavy atom. The number of imide groups is 1. The molecule has 7 heteroatoms. The van der Waals surface area contributed by atoms with E-state index in [9.17, 15) is 18.8 Å². The van der Waals surface area contributed by atoms with Crippen LogP contribution in [-0.2, 0) is 4.79 Å². The zero-order valence-electron chi connectivity index (χ0n) is 16.5. The average Bonchev–Trinajstić information content (AvgIpc) is 2.80. The largest absolute Gasteiger partial charge is 0.491 e. The number of fused-ring (bicyclic) bond motifs is 1. The predicted molar refractivity (Wildman–Crippen MR) is 104 cm³/mol. The van der Waals surface area contributed by atoms with Gasteiger partial charge in [0.25, 0.3) is 11.8 Å². The van der Waals surface area contributed by atoms with E-state index < -0.39 is 36.1 Å². The number of hydrogen-bond acceptors (Lipinski definition) is 5. The lowest BCUT2D eigenvalue weighted by Gasteiger charge is -2.24. The van der Waals surface area contributed by atoms with Crippen LogP contribution in [0.2, 0.25) is 0 Å². The SMILES string of the molecule is CCOc1ccc(C(=O)CN2C(=O)c3ccccc3OC(C(C)C)C2=O)cc1F. The van der Waals surface area contributed by atoms with Crippen molar-refractivity contribution in [2.24, 2.45) is 5.92 Å². The lowest BCUT2D eigenvalue weighted by Crippen LogP contribution is -2.47. The first-order chi connectivity index (χ1) is 13.8. The molecule has 1 heterocycles. The molecule has 0 radical (unpaired) electrons. The Kier molecular flexibility index (Phi) is 5.96. The van der Waals surface area contributed by atoms with Crippen LogP contribution in [0.4, 0.5) is 4.39 Å². The second-order valence-corrected chi connectivity index (χ2v) is 7.01. The Morgan fingerprint density at radius 3 is 2.59 bits per heavy atom. The van der Waals surface area contributed by atoms with Crippen LogP contribution in [0.1, 0.15) is 41.5 Å². The average molecular weight is 399 g/mol. The fourth-order valence-electron chi connectivity index (χ4n) is 3.09. The monoisotopic (exact) mass is 399 g/mol. The maximum Gasteiger partial charge on any atom is 0.271 e. The Hall–Kier alpha value is -3.22. The molecule has 0 N–H and O–H groups in total. The summed E-state index contributed by atoms with van der Waals surface area (Å²) in [6.07, 6.45) is -0.910. The minimum atomic E-state index is -0.910. The van der Waals surface area contributed by atoms with Gasteiger partial charge in [0.05, 0.1) is 18.7 Å². The van der Waals surface area contributed by atoms with Gasteiger partial charge in [0.15, 0.2) is 23.5 Å². The number of rotatable bonds is 6. The quantitative estimate of drug-likeness (QED) is 0.549. The molecule has 29 heavy (non-hydrogen) atoms. The van der Waals surface area contributed by atoms with Gasteiger partial charge in [-0.05, 0) is 43.2 Å². The number of amides is 2. The maximum atomic E-state index is 14.1. The molecule has 2 aromatic rings. The number of para-hydroxylation sites is 1. The summed E-state index contributed by atoms with van der Waals surface area (Å²) < 4.78 is 25.0. The van der Waals surface area contributed by atoms with Gasteiger partial charge in [0.1, 0.15) is 5.75 Å². The van der Waals surface area contributed by atoms with Crippen LogP contribution in [0.5, 0.6) is 11.5 Å². The minimum Gasteiger partial charge on any atom is -0.491 e. The van der Waals surface area contributed by atoms with Crippen molar-refractivity contribution in [1.29, 1.82) is 0 Å². The number of Topliss-reactive ketones (excluding diaryl/α,β-unsaturated/α-hetero) is 1. The summed E-state index contributed by atoms with van der Waals surface area (Å²) in [5.74, 6) is -2.34. The first-order valence-corrected chi connectivity index (χ1v) is 9.40. The van der Waals surface area contributed by atoms with Crippen molar-refractivity contribution in [3.8, 4) is 11.5 Å². The van der Waals surface area contributed by atoms with Crippen LogP contribution >= 0.6 is 0 Å². The number of halogens is 1. The van der Waals surface area contributed by atoms with Gasteiger partial charge >= 0.3 is 0 Å². The van der Waals surface area contributed by atoms with E-state index in [1.54, 1.807) is 45.0 Å². The van der Waals surface area contributed by atoms with Gasteiger partial charge in [-0.1, -0.05) is 26.0 Å². The summed E-state index contributed by atoms with van der Waals surface area (Å²) in [6.45, 7) is 5.09. The van der Waals surface area contributed by atoms with Crippen molar-refractivity contribution in [2.75, 3.05) is 13.2 Å². The van der Waals surface area contributed by atoms with Crippen LogP contribution in [0.15, 0.2) is 42.5 Å². The van der Waals surface area contributed by atoms with Crippen molar-refractivity contribution in [1.82, 2.24) is 4.90 Å². The first kappa shape index (κ1) is 20.5. The van der Waals surface area contributed by atoms with E-state index in [2.05, 4.69) is 0 Å². The molecule has 0 saturated heterocycles. The van der Waals surface area contributed by atoms with Gasteiger partial charge < -0.3 is 9.47 Å². The molecule has 1 aliphatic rings. The van der Waals surface area contributed by atoms with Gasteiger partial charge in [-0.2, -0.15) is 0 Å². The zero-order valence-corrected chi connectivity index (χ0v) is 16.5. The van der Waals surface area contributed by atoms with Crippen LogP contribution in [-0.4, -0.2) is 41.8 Å². The summed E-state index contributed by atoms with van der Waals surface area (Å²) in [6, 6.07) is 10.3. The molecule has 0 aliphatic carbocycles. The molecule has 1 aliphatic heterocycles. The molecule has 2 aromatic carbocycles. The fraction of sp³-hybridized carbons (Fsp3) is 0.318. The number of ketones is 1. The highest BCUT2D eigenvalue weighted by atomic mass is 19.1. The van der Waals surface area contributed by atoms with Crippen molar-refractivity contribution >= 4 is 17.6 Å². The predicted octanol–water partition coefficient (Wildman–Crippen LogP) is 3.49. The van der Waals surface area contributed by atoms with Crippen LogP contribution in [0, 0.1) is 11.7 Å². The summed E-state index contributed by atoms with van der Waals surface area (Å²) in [4.78, 5) is 39.6. The molecule has 0 bridgehead atoms. The smallest absolute Gasteiger partial charge is 0.271 e. The molecule has 2 amide bonds. The third-order valence-corrected chi connectivity index (χ3v) is 4.59. The molecular weight excluding hydrogens is 377 g/mol. The lowest BCUT2D eigenvalue weighted by atomic mass is 10.0. The third-order valence-electron chi connectivity index (χ3n) is 4.59. The Morgan fingerprint density at radius 1 is 1.21 bits per heavy atom. The van der Waals surface area contributed by atoms with Crippen molar-refractivity contribution in [3.63, 3.8) is 0 Å². The van der Waals surface area contributed by atoms with E-state index in [1.807, 2.05) is 0 Å². The second-order valence-electron chi connectivity index (χ2n) is 7.01. The summed E-state index contributed by atoms with van der Waals surface area (Å²) in [5.41, 5.74) is 0.251. The molecule has 0 saturated carbocycles. The van der Waals surface area contributed by atoms with Gasteiger partial charge in [-0.3, -0.25) is 19.3 Å². The minimum absolute atomic E-state index is 0.0353. The van der Waals surface area contributed by atoms with E-state index >= 15 is 0 Å². The molecule has 3 rings (SSSR count). The maximum absolute atomic E-state index is 14.1. The van der Waals surface area contributed by atoms with Crippen molar-refractivity contribution < 1.29 is 28.2 Å². The summed E-state index contributed by atoms with van der Waals surface area (Å²) in [5, 5.41) is 0. The van der Waals surface area contributed by atoms with Crippen molar-refractivity contribution in [2.45, 2.75) is 26.9 Å². The van der Waals surface area contributed by atoms with E-state index in [4.69, 9.17) is 9.47 Å². The summed E-state index contributed by atoms with van der Waals surface area (Å²) >= 11 is 0. The van der Waals surface area contributed by atoms with Crippen LogP contribution in [0.3, 0.4) is 0 Å². The molecule has 1 atom stereocenters. The second kappa shape index (κ2) is 8.43. The highest BCUT2D eigenvalue weighted by Gasteiger charge is 2.38. The topological polar surface area (TPSA) is 72.9 Å². The van der Waals surface area contributed by atoms with Gasteiger partial charge in [-0.15, -0.1) is 0 Å². The molecule has 0 aromatic heterocycles. The zero-order chi connectivity index (χ0) is 21.1. The number of hydrogen-bond donors (Lipinski definition) is 0. The number of carbonyl (C=O) groups excluding carboxylic acids is 3. The Labute approximate surface area is 168 Å². The number of benzene rings is 2. The third kappa shape index (κ3) is 4.13. The van der Waals surface area contributed by atoms with Crippen LogP contribution < -0.4 is 9.47 Å². The summed E-state index contributed by atoms with van der Waals surface area (Å²) in [7, 11) is 0. The molecule has 152 valence electrons. The normalized spacial score (nSPS) is 16.3. The Bertz CT molecular complexity index is 956. The highest BCUT2D eigenvalue weighted by Crippen LogP contribution is 2.28. The molecule has 6 nitrogen and oxygen atoms in total. The van der Waals surface area contributed by atoms with Gasteiger partial charge in [-0.25, -0.2) is 4.39 Å². The van der Waals surface area contributed by atoms with E-state index in [-0.39, 0.29) is 29.4 Å².